The van der Waals surface area contributed by atoms with Gasteiger partial charge in [0.1, 0.15) is 11.5 Å². The lowest BCUT2D eigenvalue weighted by Crippen LogP contribution is -2.18. The van der Waals surface area contributed by atoms with Gasteiger partial charge in [-0.25, -0.2) is 22.2 Å². The summed E-state index contributed by atoms with van der Waals surface area (Å²) in [7, 11) is -3.81. The number of carbonyl (C=O) groups is 1. The van der Waals surface area contributed by atoms with Crippen molar-refractivity contribution in [3.8, 4) is 0 Å². The minimum atomic E-state index is -3.81. The minimum Gasteiger partial charge on any atom is -0.288 e. The fourth-order valence-electron chi connectivity index (χ4n) is 3.34. The Kier molecular flexibility index (Phi) is 4.81. The van der Waals surface area contributed by atoms with Crippen LogP contribution in [0.1, 0.15) is 53.7 Å². The van der Waals surface area contributed by atoms with Crippen LogP contribution in [0.5, 0.6) is 0 Å². The molecule has 29 heavy (non-hydrogen) atoms. The van der Waals surface area contributed by atoms with Gasteiger partial charge in [0.15, 0.2) is 5.82 Å². The molecule has 0 spiro atoms. The van der Waals surface area contributed by atoms with Crippen LogP contribution in [0.15, 0.2) is 24.7 Å². The van der Waals surface area contributed by atoms with Gasteiger partial charge in [0, 0.05) is 5.92 Å². The molecule has 7 nitrogen and oxygen atoms in total. The van der Waals surface area contributed by atoms with E-state index in [0.717, 1.165) is 25.0 Å². The van der Waals surface area contributed by atoms with Crippen LogP contribution in [0.4, 0.5) is 14.5 Å². The highest BCUT2D eigenvalue weighted by Crippen LogP contribution is 2.42. The maximum Gasteiger partial charge on any atom is 0.234 e. The van der Waals surface area contributed by atoms with Gasteiger partial charge in [0.2, 0.25) is 27.8 Å². The first-order valence-corrected chi connectivity index (χ1v) is 10.9. The molecule has 0 radical (unpaired) electrons. The van der Waals surface area contributed by atoms with Gasteiger partial charge in [-0.05, 0) is 31.4 Å². The van der Waals surface area contributed by atoms with Crippen LogP contribution in [0.25, 0.3) is 11.0 Å². The van der Waals surface area contributed by atoms with Crippen molar-refractivity contribution in [3.63, 3.8) is 0 Å². The van der Waals surface area contributed by atoms with Gasteiger partial charge in [-0.2, -0.15) is 0 Å². The zero-order valence-electron chi connectivity index (χ0n) is 15.6. The number of nitrogens with one attached hydrogen (secondary N) is 3. The third kappa shape index (κ3) is 3.59. The van der Waals surface area contributed by atoms with E-state index in [-0.39, 0.29) is 17.2 Å². The van der Waals surface area contributed by atoms with Gasteiger partial charge in [0.05, 0.1) is 34.2 Å². The van der Waals surface area contributed by atoms with Crippen LogP contribution in [-0.2, 0) is 10.0 Å². The van der Waals surface area contributed by atoms with Crippen LogP contribution in [0, 0.1) is 11.6 Å². The first kappa shape index (κ1) is 19.4. The highest BCUT2D eigenvalue weighted by Gasteiger charge is 2.34. The molecule has 1 aliphatic carbocycles. The number of fused-ring (bicyclic) bond motifs is 1. The average molecular weight is 421 g/mol. The van der Waals surface area contributed by atoms with Crippen LogP contribution in [0.3, 0.4) is 0 Å². The van der Waals surface area contributed by atoms with E-state index in [0.29, 0.717) is 23.1 Å². The number of rotatable bonds is 7. The van der Waals surface area contributed by atoms with E-state index in [9.17, 15) is 22.0 Å². The predicted molar refractivity (Wildman–Crippen MR) is 102 cm³/mol. The molecule has 1 aromatic carbocycles. The van der Waals surface area contributed by atoms with Gasteiger partial charge in [0.25, 0.3) is 0 Å². The lowest BCUT2D eigenvalue weighted by atomic mass is 10.00. The molecule has 0 unspecified atom stereocenters. The van der Waals surface area contributed by atoms with Crippen molar-refractivity contribution in [2.45, 2.75) is 32.1 Å². The zero-order valence-corrected chi connectivity index (χ0v) is 16.4. The number of sulfonamides is 1. The molecule has 2 aromatic heterocycles. The minimum absolute atomic E-state index is 0.0811. The average Bonchev–Trinajstić information content (AvgIpc) is 3.42. The Hall–Kier alpha value is -2.88. The van der Waals surface area contributed by atoms with E-state index < -0.39 is 38.7 Å². The number of hydrogen-bond acceptors (Lipinski definition) is 4. The van der Waals surface area contributed by atoms with Gasteiger partial charge < -0.3 is 0 Å². The summed E-state index contributed by atoms with van der Waals surface area (Å²) >= 11 is 0. The standard InChI is InChI=1S/C19H18F2N4O3S/c1-2-7-29(27,28)25-13-6-5-12(20)15(16(13)21)18(26)11-8-22-19-14(11)17(10-3-4-10)23-9-24-19/h5-6,8-10,25H,2-4,7H2,1H3,(H,22,23,24)/p+1. The summed E-state index contributed by atoms with van der Waals surface area (Å²) in [5, 5.41) is 0.496. The molecule has 4 rings (SSSR count). The van der Waals surface area contributed by atoms with Gasteiger partial charge in [-0.15, -0.1) is 4.98 Å². The normalized spacial score (nSPS) is 14.3. The molecule has 0 aliphatic heterocycles. The Morgan fingerprint density at radius 3 is 2.79 bits per heavy atom. The first-order chi connectivity index (χ1) is 13.8. The number of anilines is 1. The Labute approximate surface area is 165 Å². The molecule has 1 fully saturated rings. The van der Waals surface area contributed by atoms with Crippen LogP contribution < -0.4 is 9.71 Å². The summed E-state index contributed by atoms with van der Waals surface area (Å²) in [6, 6.07) is 1.84. The Morgan fingerprint density at radius 1 is 1.34 bits per heavy atom. The number of hydrogen-bond donors (Lipinski definition) is 2. The second-order valence-corrected chi connectivity index (χ2v) is 8.89. The van der Waals surface area contributed by atoms with Crippen LogP contribution >= 0.6 is 0 Å². The molecule has 3 N–H and O–H groups in total. The maximum absolute atomic E-state index is 15.0. The smallest absolute Gasteiger partial charge is 0.234 e. The number of benzene rings is 1. The fraction of sp³-hybridized carbons (Fsp3) is 0.316. The van der Waals surface area contributed by atoms with Crippen molar-refractivity contribution in [2.75, 3.05) is 10.5 Å². The van der Waals surface area contributed by atoms with E-state index in [1.807, 2.05) is 0 Å². The summed E-state index contributed by atoms with van der Waals surface area (Å²) in [5.41, 5.74) is 0.0378. The van der Waals surface area contributed by atoms with E-state index in [2.05, 4.69) is 19.7 Å². The molecule has 0 bridgehead atoms. The molecule has 0 atom stereocenters. The van der Waals surface area contributed by atoms with E-state index in [1.165, 1.54) is 12.5 Å². The molecular formula is C19H19F2N4O3S+. The summed E-state index contributed by atoms with van der Waals surface area (Å²) in [5.74, 6) is -3.21. The number of nitrogens with zero attached hydrogens (tertiary/aromatic N) is 1. The Morgan fingerprint density at radius 2 is 2.10 bits per heavy atom. The second kappa shape index (κ2) is 7.18. The third-order valence-corrected chi connectivity index (χ3v) is 6.29. The monoisotopic (exact) mass is 421 g/mol. The van der Waals surface area contributed by atoms with Crippen molar-refractivity contribution in [2.24, 2.45) is 0 Å². The molecule has 0 amide bonds. The third-order valence-electron chi connectivity index (χ3n) is 4.81. The largest absolute Gasteiger partial charge is 0.288 e. The quantitative estimate of drug-likeness (QED) is 0.572. The molecule has 3 aromatic rings. The summed E-state index contributed by atoms with van der Waals surface area (Å²) in [6.07, 6.45) is 5.08. The highest BCUT2D eigenvalue weighted by atomic mass is 32.2. The van der Waals surface area contributed by atoms with Gasteiger partial charge in [-0.3, -0.25) is 14.5 Å². The molecule has 2 heterocycles. The summed E-state index contributed by atoms with van der Waals surface area (Å²) < 4.78 is 55.5. The SMILES string of the molecule is CCCS(=O)(=O)Nc1ccc(F)c(C(=O)c2c[nH]c3[nH+]cnc(C4CC4)c23)c1F. The number of aromatic amines is 2. The van der Waals surface area contributed by atoms with Gasteiger partial charge in [-0.1, -0.05) is 6.92 Å². The molecule has 1 aliphatic rings. The molecule has 0 saturated heterocycles. The number of H-pyrrole nitrogens is 2. The van der Waals surface area contributed by atoms with Crippen LogP contribution in [-0.4, -0.2) is 29.9 Å². The maximum atomic E-state index is 15.0. The summed E-state index contributed by atoms with van der Waals surface area (Å²) in [4.78, 5) is 23.2. The van der Waals surface area contributed by atoms with Crippen molar-refractivity contribution >= 4 is 32.5 Å². The Bertz CT molecular complexity index is 1220. The van der Waals surface area contributed by atoms with E-state index >= 15 is 0 Å². The van der Waals surface area contributed by atoms with E-state index in [1.54, 1.807) is 6.92 Å². The number of ketones is 1. The van der Waals surface area contributed by atoms with Crippen molar-refractivity contribution in [1.29, 1.82) is 0 Å². The van der Waals surface area contributed by atoms with Crippen molar-refractivity contribution in [3.05, 3.63) is 53.1 Å². The van der Waals surface area contributed by atoms with Crippen molar-refractivity contribution < 1.29 is 27.0 Å². The lowest BCUT2D eigenvalue weighted by molar-refractivity contribution is -0.352. The predicted octanol–water partition coefficient (Wildman–Crippen LogP) is 2.92. The van der Waals surface area contributed by atoms with Crippen molar-refractivity contribution in [1.82, 2.24) is 9.97 Å². The van der Waals surface area contributed by atoms with Crippen LogP contribution in [0.2, 0.25) is 0 Å². The highest BCUT2D eigenvalue weighted by molar-refractivity contribution is 7.92. The van der Waals surface area contributed by atoms with Gasteiger partial charge >= 0.3 is 0 Å². The number of halogens is 2. The number of carbonyl (C=O) groups excluding carboxylic acids is 1. The summed E-state index contributed by atoms with van der Waals surface area (Å²) in [6.45, 7) is 1.66. The molecule has 152 valence electrons. The second-order valence-electron chi connectivity index (χ2n) is 7.05. The zero-order chi connectivity index (χ0) is 20.8. The first-order valence-electron chi connectivity index (χ1n) is 9.23. The lowest BCUT2D eigenvalue weighted by Gasteiger charge is -2.11. The molecule has 10 heteroatoms. The molecular weight excluding hydrogens is 402 g/mol. The number of aromatic nitrogens is 3. The Balaban J connectivity index is 1.80. The molecule has 1 saturated carbocycles. The van der Waals surface area contributed by atoms with E-state index in [4.69, 9.17) is 0 Å². The fourth-order valence-corrected chi connectivity index (χ4v) is 4.47. The topological polar surface area (TPSA) is 106 Å².